The molecule has 0 aliphatic heterocycles. The highest BCUT2D eigenvalue weighted by molar-refractivity contribution is 5.88. The first-order valence-corrected chi connectivity index (χ1v) is 5.48. The minimum absolute atomic E-state index is 0.107. The molecule has 2 amide bonds. The van der Waals surface area contributed by atoms with Crippen LogP contribution in [0.2, 0.25) is 0 Å². The molecule has 7 heteroatoms. The highest BCUT2D eigenvalue weighted by Gasteiger charge is 2.34. The van der Waals surface area contributed by atoms with Gasteiger partial charge in [-0.3, -0.25) is 5.32 Å². The van der Waals surface area contributed by atoms with Crippen molar-refractivity contribution in [1.82, 2.24) is 10.3 Å². The quantitative estimate of drug-likeness (QED) is 0.857. The number of amides is 2. The lowest BCUT2D eigenvalue weighted by molar-refractivity contribution is -0.141. The zero-order valence-electron chi connectivity index (χ0n) is 9.58. The molecule has 4 nitrogen and oxygen atoms in total. The molecule has 1 heterocycles. The maximum absolute atomic E-state index is 12.4. The number of carbonyl (C=O) groups is 1. The number of urea groups is 1. The molecule has 1 aliphatic rings. The number of nitrogens with zero attached hydrogens (tertiary/aromatic N) is 1. The lowest BCUT2D eigenvalue weighted by atomic mass is 10.3. The number of pyridine rings is 1. The van der Waals surface area contributed by atoms with Crippen LogP contribution < -0.4 is 10.6 Å². The zero-order chi connectivity index (χ0) is 13.3. The fourth-order valence-electron chi connectivity index (χ4n) is 1.51. The van der Waals surface area contributed by atoms with Crippen molar-refractivity contribution in [3.05, 3.63) is 23.9 Å². The number of rotatable bonds is 2. The van der Waals surface area contributed by atoms with Crippen LogP contribution >= 0.6 is 0 Å². The predicted octanol–water partition coefficient (Wildman–Crippen LogP) is 2.63. The Bertz CT molecular complexity index is 461. The van der Waals surface area contributed by atoms with Crippen LogP contribution in [-0.4, -0.2) is 17.1 Å². The Balaban J connectivity index is 1.98. The van der Waals surface area contributed by atoms with Crippen molar-refractivity contribution in [2.75, 3.05) is 5.32 Å². The second kappa shape index (κ2) is 4.47. The predicted molar refractivity (Wildman–Crippen MR) is 59.0 cm³/mol. The van der Waals surface area contributed by atoms with E-state index in [0.29, 0.717) is 5.92 Å². The lowest BCUT2D eigenvalue weighted by Crippen LogP contribution is -2.31. The third-order valence-electron chi connectivity index (χ3n) is 2.71. The van der Waals surface area contributed by atoms with Crippen LogP contribution in [0.3, 0.4) is 0 Å². The van der Waals surface area contributed by atoms with Crippen molar-refractivity contribution in [3.8, 4) is 0 Å². The maximum Gasteiger partial charge on any atom is 0.433 e. The second-order valence-electron chi connectivity index (χ2n) is 4.32. The molecule has 0 bridgehead atoms. The van der Waals surface area contributed by atoms with E-state index in [1.807, 2.05) is 6.92 Å². The molecule has 1 saturated carbocycles. The highest BCUT2D eigenvalue weighted by atomic mass is 19.4. The molecule has 1 fully saturated rings. The summed E-state index contributed by atoms with van der Waals surface area (Å²) in [6.07, 6.45) is -3.62. The summed E-state index contributed by atoms with van der Waals surface area (Å²) in [5.74, 6) is 0.306. The molecule has 0 saturated heterocycles. The number of nitrogens with one attached hydrogen (secondary N) is 2. The number of carbonyl (C=O) groups excluding carboxylic acids is 1. The van der Waals surface area contributed by atoms with Gasteiger partial charge in [-0.1, -0.05) is 13.0 Å². The standard InChI is InChI=1S/C11H12F3N3O/c1-6-5-7(6)15-10(18)17-9-4-2-3-8(16-9)11(12,13)14/h2-4,6-7H,5H2,1H3,(H2,15,16,17,18)/t6-,7-/m1/s1. The summed E-state index contributed by atoms with van der Waals surface area (Å²) >= 11 is 0. The fraction of sp³-hybridized carbons (Fsp3) is 0.455. The van der Waals surface area contributed by atoms with Gasteiger partial charge in [0.15, 0.2) is 0 Å². The van der Waals surface area contributed by atoms with Crippen molar-refractivity contribution >= 4 is 11.8 Å². The molecule has 2 N–H and O–H groups in total. The molecule has 98 valence electrons. The van der Waals surface area contributed by atoms with Crippen LogP contribution in [0.5, 0.6) is 0 Å². The van der Waals surface area contributed by atoms with E-state index in [0.717, 1.165) is 12.5 Å². The van der Waals surface area contributed by atoms with Gasteiger partial charge in [-0.05, 0) is 24.5 Å². The van der Waals surface area contributed by atoms with Crippen molar-refractivity contribution in [1.29, 1.82) is 0 Å². The van der Waals surface area contributed by atoms with Crippen LogP contribution in [0, 0.1) is 5.92 Å². The van der Waals surface area contributed by atoms with Crippen molar-refractivity contribution in [2.45, 2.75) is 25.6 Å². The van der Waals surface area contributed by atoms with E-state index >= 15 is 0 Å². The summed E-state index contributed by atoms with van der Waals surface area (Å²) in [4.78, 5) is 14.8. The van der Waals surface area contributed by atoms with E-state index in [1.54, 1.807) is 0 Å². The van der Waals surface area contributed by atoms with Gasteiger partial charge in [0, 0.05) is 6.04 Å². The number of anilines is 1. The normalized spacial score (nSPS) is 22.4. The summed E-state index contributed by atoms with van der Waals surface area (Å²) in [6, 6.07) is 2.94. The molecule has 1 aliphatic carbocycles. The number of hydrogen-bond donors (Lipinski definition) is 2. The molecule has 2 rings (SSSR count). The van der Waals surface area contributed by atoms with Gasteiger partial charge in [0.2, 0.25) is 0 Å². The van der Waals surface area contributed by atoms with Crippen LogP contribution in [0.1, 0.15) is 19.0 Å². The lowest BCUT2D eigenvalue weighted by Gasteiger charge is -2.09. The van der Waals surface area contributed by atoms with Gasteiger partial charge < -0.3 is 5.32 Å². The summed E-state index contributed by atoms with van der Waals surface area (Å²) in [5, 5.41) is 4.92. The molecular weight excluding hydrogens is 247 g/mol. The summed E-state index contributed by atoms with van der Waals surface area (Å²) < 4.78 is 37.2. The number of hydrogen-bond acceptors (Lipinski definition) is 2. The number of alkyl halides is 3. The van der Waals surface area contributed by atoms with E-state index in [4.69, 9.17) is 0 Å². The highest BCUT2D eigenvalue weighted by Crippen LogP contribution is 2.29. The third kappa shape index (κ3) is 3.12. The topological polar surface area (TPSA) is 54.0 Å². The van der Waals surface area contributed by atoms with E-state index in [1.165, 1.54) is 12.1 Å². The Hall–Kier alpha value is -1.79. The molecule has 0 radical (unpaired) electrons. The summed E-state index contributed by atoms with van der Waals surface area (Å²) in [6.45, 7) is 1.98. The maximum atomic E-state index is 12.4. The van der Waals surface area contributed by atoms with Gasteiger partial charge in [0.1, 0.15) is 11.5 Å². The Kier molecular flexibility index (Phi) is 3.14. The Morgan fingerprint density at radius 2 is 2.11 bits per heavy atom. The average Bonchev–Trinajstić information content (AvgIpc) is 2.93. The molecule has 1 aromatic rings. The minimum atomic E-state index is -4.51. The van der Waals surface area contributed by atoms with Gasteiger partial charge in [-0.25, -0.2) is 9.78 Å². The molecule has 18 heavy (non-hydrogen) atoms. The van der Waals surface area contributed by atoms with E-state index in [2.05, 4.69) is 15.6 Å². The van der Waals surface area contributed by atoms with Crippen LogP contribution in [0.4, 0.5) is 23.8 Å². The molecule has 0 unspecified atom stereocenters. The Labute approximate surface area is 102 Å². The molecular formula is C11H12F3N3O. The smallest absolute Gasteiger partial charge is 0.335 e. The molecule has 2 atom stereocenters. The van der Waals surface area contributed by atoms with Gasteiger partial charge in [0.05, 0.1) is 0 Å². The summed E-state index contributed by atoms with van der Waals surface area (Å²) in [5.41, 5.74) is -1.03. The van der Waals surface area contributed by atoms with Crippen LogP contribution in [0.25, 0.3) is 0 Å². The molecule has 1 aromatic heterocycles. The van der Waals surface area contributed by atoms with E-state index < -0.39 is 17.9 Å². The third-order valence-corrected chi connectivity index (χ3v) is 2.71. The first-order chi connectivity index (χ1) is 8.36. The summed E-state index contributed by atoms with van der Waals surface area (Å²) in [7, 11) is 0. The fourth-order valence-corrected chi connectivity index (χ4v) is 1.51. The van der Waals surface area contributed by atoms with Crippen LogP contribution in [0.15, 0.2) is 18.2 Å². The van der Waals surface area contributed by atoms with Crippen molar-refractivity contribution in [3.63, 3.8) is 0 Å². The zero-order valence-corrected chi connectivity index (χ0v) is 9.58. The average molecular weight is 259 g/mol. The second-order valence-corrected chi connectivity index (χ2v) is 4.32. The van der Waals surface area contributed by atoms with Crippen molar-refractivity contribution < 1.29 is 18.0 Å². The SMILES string of the molecule is C[C@@H]1C[C@H]1NC(=O)Nc1cccc(C(F)(F)F)n1. The first-order valence-electron chi connectivity index (χ1n) is 5.48. The monoisotopic (exact) mass is 259 g/mol. The largest absolute Gasteiger partial charge is 0.433 e. The number of halogens is 3. The van der Waals surface area contributed by atoms with E-state index in [-0.39, 0.29) is 11.9 Å². The van der Waals surface area contributed by atoms with E-state index in [9.17, 15) is 18.0 Å². The van der Waals surface area contributed by atoms with Crippen LogP contribution in [-0.2, 0) is 6.18 Å². The van der Waals surface area contributed by atoms with Gasteiger partial charge in [0.25, 0.3) is 0 Å². The molecule has 0 aromatic carbocycles. The Morgan fingerprint density at radius 1 is 1.44 bits per heavy atom. The molecule has 0 spiro atoms. The number of aromatic nitrogens is 1. The van der Waals surface area contributed by atoms with Gasteiger partial charge in [-0.15, -0.1) is 0 Å². The minimum Gasteiger partial charge on any atom is -0.335 e. The first kappa shape index (κ1) is 12.7. The van der Waals surface area contributed by atoms with Crippen molar-refractivity contribution in [2.24, 2.45) is 5.92 Å². The van der Waals surface area contributed by atoms with Gasteiger partial charge >= 0.3 is 12.2 Å². The van der Waals surface area contributed by atoms with Gasteiger partial charge in [-0.2, -0.15) is 13.2 Å². The Morgan fingerprint density at radius 3 is 2.67 bits per heavy atom.